The zero-order valence-corrected chi connectivity index (χ0v) is 13.3. The third-order valence-corrected chi connectivity index (χ3v) is 3.94. The topological polar surface area (TPSA) is 90.0 Å². The Bertz CT molecular complexity index is 815. The van der Waals surface area contributed by atoms with Gasteiger partial charge < -0.3 is 4.90 Å². The van der Waals surface area contributed by atoms with Crippen LogP contribution in [0.15, 0.2) is 55.2 Å². The molecule has 1 aromatic carbocycles. The van der Waals surface area contributed by atoms with E-state index in [1.54, 1.807) is 17.1 Å². The highest BCUT2D eigenvalue weighted by atomic mass is 16.6. The Hall–Kier alpha value is -3.29. The highest BCUT2D eigenvalue weighted by molar-refractivity contribution is 5.45. The highest BCUT2D eigenvalue weighted by Gasteiger charge is 2.15. The first-order valence-corrected chi connectivity index (χ1v) is 7.34. The van der Waals surface area contributed by atoms with Gasteiger partial charge >= 0.3 is 0 Å². The summed E-state index contributed by atoms with van der Waals surface area (Å²) in [6, 6.07) is 11.1. The van der Waals surface area contributed by atoms with Crippen LogP contribution in [0.5, 0.6) is 0 Å². The van der Waals surface area contributed by atoms with E-state index in [4.69, 9.17) is 0 Å². The average Bonchev–Trinajstić information content (AvgIpc) is 3.15. The molecule has 0 bridgehead atoms. The normalized spacial score (nSPS) is 11.9. The molecule has 2 heterocycles. The first-order valence-electron chi connectivity index (χ1n) is 7.34. The van der Waals surface area contributed by atoms with Crippen LogP contribution >= 0.6 is 0 Å². The molecule has 0 aliphatic heterocycles. The maximum Gasteiger partial charge on any atom is 0.287 e. The summed E-state index contributed by atoms with van der Waals surface area (Å²) in [6.07, 6.45) is 4.41. The van der Waals surface area contributed by atoms with Gasteiger partial charge in [-0.3, -0.25) is 10.1 Å². The fourth-order valence-corrected chi connectivity index (χ4v) is 2.36. The molecule has 8 heteroatoms. The molecule has 3 rings (SSSR count). The van der Waals surface area contributed by atoms with Crippen LogP contribution in [0.25, 0.3) is 5.69 Å². The van der Waals surface area contributed by atoms with Gasteiger partial charge in [0.1, 0.15) is 24.7 Å². The Morgan fingerprint density at radius 3 is 2.50 bits per heavy atom. The highest BCUT2D eigenvalue weighted by Crippen LogP contribution is 2.25. The van der Waals surface area contributed by atoms with Crippen molar-refractivity contribution >= 4 is 11.5 Å². The SMILES string of the molecule is CC(c1ccc(-n2cncn2)cc1)N(C)c1ccc([N+](=O)[O-])cn1. The molecule has 0 aliphatic carbocycles. The van der Waals surface area contributed by atoms with Crippen molar-refractivity contribution in [2.24, 2.45) is 0 Å². The largest absolute Gasteiger partial charge is 0.353 e. The van der Waals surface area contributed by atoms with E-state index in [2.05, 4.69) is 15.1 Å². The Morgan fingerprint density at radius 2 is 1.96 bits per heavy atom. The lowest BCUT2D eigenvalue weighted by Crippen LogP contribution is -2.22. The fourth-order valence-electron chi connectivity index (χ4n) is 2.36. The first kappa shape index (κ1) is 15.6. The molecule has 0 radical (unpaired) electrons. The molecule has 122 valence electrons. The number of hydrogen-bond acceptors (Lipinski definition) is 6. The molecule has 3 aromatic rings. The van der Waals surface area contributed by atoms with E-state index >= 15 is 0 Å². The van der Waals surface area contributed by atoms with Gasteiger partial charge in [-0.15, -0.1) is 0 Å². The number of nitrogens with zero attached hydrogens (tertiary/aromatic N) is 6. The zero-order valence-electron chi connectivity index (χ0n) is 13.3. The van der Waals surface area contributed by atoms with Crippen molar-refractivity contribution in [2.45, 2.75) is 13.0 Å². The first-order chi connectivity index (χ1) is 11.6. The van der Waals surface area contributed by atoms with E-state index in [-0.39, 0.29) is 11.7 Å². The Balaban J connectivity index is 1.77. The molecule has 8 nitrogen and oxygen atoms in total. The summed E-state index contributed by atoms with van der Waals surface area (Å²) in [7, 11) is 1.91. The van der Waals surface area contributed by atoms with Crippen LogP contribution in [0.1, 0.15) is 18.5 Å². The molecule has 0 amide bonds. The van der Waals surface area contributed by atoms with Crippen molar-refractivity contribution in [3.8, 4) is 5.69 Å². The molecule has 0 saturated heterocycles. The van der Waals surface area contributed by atoms with Gasteiger partial charge in [0.15, 0.2) is 0 Å². The van der Waals surface area contributed by atoms with E-state index < -0.39 is 4.92 Å². The molecule has 24 heavy (non-hydrogen) atoms. The fraction of sp³-hybridized carbons (Fsp3) is 0.188. The van der Waals surface area contributed by atoms with Crippen LogP contribution in [-0.4, -0.2) is 31.7 Å². The maximum absolute atomic E-state index is 10.7. The zero-order chi connectivity index (χ0) is 17.1. The van der Waals surface area contributed by atoms with Gasteiger partial charge in [0, 0.05) is 13.1 Å². The lowest BCUT2D eigenvalue weighted by Gasteiger charge is -2.26. The third-order valence-electron chi connectivity index (χ3n) is 3.94. The van der Waals surface area contributed by atoms with E-state index in [0.717, 1.165) is 11.3 Å². The summed E-state index contributed by atoms with van der Waals surface area (Å²) in [6.45, 7) is 2.05. The van der Waals surface area contributed by atoms with Gasteiger partial charge in [0.2, 0.25) is 0 Å². The molecule has 0 fully saturated rings. The lowest BCUT2D eigenvalue weighted by molar-refractivity contribution is -0.385. The predicted octanol–water partition coefficient (Wildman–Crippen LogP) is 2.77. The molecule has 1 unspecified atom stereocenters. The molecular weight excluding hydrogens is 308 g/mol. The van der Waals surface area contributed by atoms with Gasteiger partial charge in [0.05, 0.1) is 16.7 Å². The van der Waals surface area contributed by atoms with Crippen LogP contribution in [-0.2, 0) is 0 Å². The Labute approximate surface area is 138 Å². The molecule has 0 saturated carbocycles. The number of anilines is 1. The monoisotopic (exact) mass is 324 g/mol. The van der Waals surface area contributed by atoms with E-state index in [0.29, 0.717) is 5.82 Å². The minimum Gasteiger partial charge on any atom is -0.353 e. The van der Waals surface area contributed by atoms with Crippen LogP contribution in [0.4, 0.5) is 11.5 Å². The third kappa shape index (κ3) is 3.07. The standard InChI is InChI=1S/C16H16N6O2/c1-12(20(2)16-8-7-15(9-18-16)22(23)24)13-3-5-14(6-4-13)21-11-17-10-19-21/h3-12H,1-2H3. The Morgan fingerprint density at radius 1 is 1.21 bits per heavy atom. The van der Waals surface area contributed by atoms with E-state index in [9.17, 15) is 10.1 Å². The summed E-state index contributed by atoms with van der Waals surface area (Å²) < 4.78 is 1.69. The summed E-state index contributed by atoms with van der Waals surface area (Å²) in [5, 5.41) is 14.8. The van der Waals surface area contributed by atoms with Gasteiger partial charge in [-0.25, -0.2) is 14.6 Å². The van der Waals surface area contributed by atoms with E-state index in [1.165, 1.54) is 18.6 Å². The van der Waals surface area contributed by atoms with Crippen molar-refractivity contribution in [1.29, 1.82) is 0 Å². The number of benzene rings is 1. The molecule has 2 aromatic heterocycles. The van der Waals surface area contributed by atoms with Crippen molar-refractivity contribution in [3.05, 3.63) is 70.9 Å². The second kappa shape index (κ2) is 6.45. The second-order valence-electron chi connectivity index (χ2n) is 5.35. The van der Waals surface area contributed by atoms with Crippen molar-refractivity contribution < 1.29 is 4.92 Å². The minimum absolute atomic E-state index is 0.0167. The quantitative estimate of drug-likeness (QED) is 0.529. The average molecular weight is 324 g/mol. The van der Waals surface area contributed by atoms with Gasteiger partial charge in [-0.05, 0) is 30.7 Å². The number of rotatable bonds is 5. The van der Waals surface area contributed by atoms with Crippen LogP contribution in [0, 0.1) is 10.1 Å². The smallest absolute Gasteiger partial charge is 0.287 e. The summed E-state index contributed by atoms with van der Waals surface area (Å²) in [5.74, 6) is 0.674. The van der Waals surface area contributed by atoms with Crippen LogP contribution in [0.2, 0.25) is 0 Å². The number of hydrogen-bond donors (Lipinski definition) is 0. The van der Waals surface area contributed by atoms with Crippen molar-refractivity contribution in [3.63, 3.8) is 0 Å². The molecule has 0 aliphatic rings. The predicted molar refractivity (Wildman–Crippen MR) is 89.1 cm³/mol. The summed E-state index contributed by atoms with van der Waals surface area (Å²) >= 11 is 0. The number of aromatic nitrogens is 4. The van der Waals surface area contributed by atoms with Crippen LogP contribution in [0.3, 0.4) is 0 Å². The maximum atomic E-state index is 10.7. The van der Waals surface area contributed by atoms with Gasteiger partial charge in [0.25, 0.3) is 5.69 Å². The number of nitro groups is 1. The van der Waals surface area contributed by atoms with Crippen LogP contribution < -0.4 is 4.90 Å². The van der Waals surface area contributed by atoms with Crippen molar-refractivity contribution in [1.82, 2.24) is 19.7 Å². The summed E-state index contributed by atoms with van der Waals surface area (Å²) in [5.41, 5.74) is 2.01. The second-order valence-corrected chi connectivity index (χ2v) is 5.35. The minimum atomic E-state index is -0.455. The molecule has 0 N–H and O–H groups in total. The number of pyridine rings is 1. The van der Waals surface area contributed by atoms with E-state index in [1.807, 2.05) is 43.1 Å². The van der Waals surface area contributed by atoms with Gasteiger partial charge in [-0.1, -0.05) is 12.1 Å². The molecule has 0 spiro atoms. The Kier molecular flexibility index (Phi) is 4.19. The molecule has 1 atom stereocenters. The summed E-state index contributed by atoms with van der Waals surface area (Å²) in [4.78, 5) is 20.3. The molecular formula is C16H16N6O2. The van der Waals surface area contributed by atoms with Crippen molar-refractivity contribution in [2.75, 3.05) is 11.9 Å². The lowest BCUT2D eigenvalue weighted by atomic mass is 10.1. The van der Waals surface area contributed by atoms with Gasteiger partial charge in [-0.2, -0.15) is 5.10 Å².